The highest BCUT2D eigenvalue weighted by Gasteiger charge is 2.38. The van der Waals surface area contributed by atoms with Crippen molar-refractivity contribution in [2.24, 2.45) is 29.0 Å². The lowest BCUT2D eigenvalue weighted by Crippen LogP contribution is -2.62. The van der Waals surface area contributed by atoms with Crippen LogP contribution in [0.15, 0.2) is 30.3 Å². The zero-order valence-electron chi connectivity index (χ0n) is 52.0. The van der Waals surface area contributed by atoms with E-state index in [1.165, 1.54) is 6.92 Å². The molecule has 1 aliphatic heterocycles. The van der Waals surface area contributed by atoms with Crippen LogP contribution >= 0.6 is 0 Å². The molecule has 1 unspecified atom stereocenters. The molecular formula is C58H98N16O15. The first-order valence-corrected chi connectivity index (χ1v) is 30.5. The van der Waals surface area contributed by atoms with Gasteiger partial charge in [-0.1, -0.05) is 77.3 Å². The fraction of sp³-hybridized carbons (Fsp3) is 0.672. The first-order chi connectivity index (χ1) is 42.3. The number of amides is 13. The lowest BCUT2D eigenvalue weighted by Gasteiger charge is -2.29. The molecule has 0 aliphatic carbocycles. The predicted octanol–water partition coefficient (Wildman–Crippen LogP) is -5.67. The van der Waals surface area contributed by atoms with Crippen molar-refractivity contribution in [1.29, 1.82) is 0 Å². The third-order valence-corrected chi connectivity index (χ3v) is 14.7. The number of aliphatic hydroxyl groups excluding tert-OH is 2. The number of hydrogen-bond acceptors (Lipinski definition) is 18. The van der Waals surface area contributed by atoms with Crippen LogP contribution in [0, 0.1) is 11.8 Å². The van der Waals surface area contributed by atoms with Crippen LogP contribution in [-0.4, -0.2) is 200 Å². The molecular weight excluding hydrogens is 1160 g/mol. The van der Waals surface area contributed by atoms with Gasteiger partial charge in [0.2, 0.25) is 77.8 Å². The van der Waals surface area contributed by atoms with Crippen molar-refractivity contribution in [1.82, 2.24) is 69.1 Å². The Morgan fingerprint density at radius 1 is 0.596 bits per heavy atom. The molecule has 21 N–H and O–H groups in total. The fourth-order valence-electron chi connectivity index (χ4n) is 9.36. The number of carbonyl (C=O) groups excluding carboxylic acids is 13. The molecule has 2 rings (SSSR count). The smallest absolute Gasteiger partial charge is 0.245 e. The molecule has 1 aliphatic rings. The van der Waals surface area contributed by atoms with E-state index in [2.05, 4.69) is 83.0 Å². The Morgan fingerprint density at radius 2 is 1.09 bits per heavy atom. The van der Waals surface area contributed by atoms with Crippen molar-refractivity contribution < 1.29 is 72.5 Å². The van der Waals surface area contributed by atoms with Gasteiger partial charge < -0.3 is 96.5 Å². The predicted molar refractivity (Wildman–Crippen MR) is 326 cm³/mol. The van der Waals surface area contributed by atoms with E-state index >= 15 is 0 Å². The minimum absolute atomic E-state index is 0.0268. The molecule has 31 nitrogen and oxygen atoms in total. The molecule has 31 heteroatoms. The summed E-state index contributed by atoms with van der Waals surface area (Å²) < 4.78 is 0. The van der Waals surface area contributed by atoms with Crippen LogP contribution in [0.4, 0.5) is 0 Å². The van der Waals surface area contributed by atoms with Crippen LogP contribution in [0.2, 0.25) is 0 Å². The SMILES string of the molecule is CCC(C)CCCCC(=O)N[C@@H](CCNC=O)C(=O)N[C@H](C(=O)N[C@@H](CCNC=O)C(=O)N[C@H]1CCNC(=O)[C@H]([C@@H](C)O)NC(=O)[C@H](CCN)NC(=O)[C@H](CCN)NC(=O)[C@H](CC(C)C)NC(=O)[C@@H](Cc2ccccc2)NC(=O)[C@H](CCN)NC1=O)[C@@H](C)O. The quantitative estimate of drug-likeness (QED) is 0.0230. The number of unbranched alkanes of at least 4 members (excludes halogenated alkanes) is 1. The van der Waals surface area contributed by atoms with E-state index < -0.39 is 151 Å². The second-order valence-electron chi connectivity index (χ2n) is 22.6. The summed E-state index contributed by atoms with van der Waals surface area (Å²) in [5.41, 5.74) is 18.2. The molecule has 1 saturated heterocycles. The van der Waals surface area contributed by atoms with Crippen LogP contribution in [0.3, 0.4) is 0 Å². The van der Waals surface area contributed by atoms with Crippen LogP contribution < -0.4 is 86.3 Å². The second-order valence-corrected chi connectivity index (χ2v) is 22.6. The van der Waals surface area contributed by atoms with E-state index in [0.717, 1.165) is 26.2 Å². The number of aliphatic hydroxyl groups is 2. The maximum atomic E-state index is 14.6. The van der Waals surface area contributed by atoms with E-state index in [9.17, 15) is 72.5 Å². The number of nitrogens with one attached hydrogen (secondary N) is 13. The highest BCUT2D eigenvalue weighted by molar-refractivity contribution is 5.99. The van der Waals surface area contributed by atoms with Gasteiger partial charge in [-0.25, -0.2) is 0 Å². The van der Waals surface area contributed by atoms with Crippen molar-refractivity contribution in [3.63, 3.8) is 0 Å². The summed E-state index contributed by atoms with van der Waals surface area (Å²) in [6.07, 6.45) is -1.09. The van der Waals surface area contributed by atoms with Gasteiger partial charge in [0.15, 0.2) is 0 Å². The maximum absolute atomic E-state index is 14.6. The van der Waals surface area contributed by atoms with Crippen molar-refractivity contribution in [2.75, 3.05) is 39.3 Å². The summed E-state index contributed by atoms with van der Waals surface area (Å²) in [4.78, 5) is 177. The molecule has 89 heavy (non-hydrogen) atoms. The molecule has 0 aromatic heterocycles. The molecule has 13 atom stereocenters. The number of carbonyl (C=O) groups is 13. The molecule has 500 valence electrons. The number of hydrogen-bond donors (Lipinski definition) is 18. The third-order valence-electron chi connectivity index (χ3n) is 14.7. The van der Waals surface area contributed by atoms with Crippen molar-refractivity contribution >= 4 is 77.8 Å². The Labute approximate surface area is 519 Å². The van der Waals surface area contributed by atoms with E-state index in [-0.39, 0.29) is 90.0 Å². The molecule has 1 aromatic rings. The normalized spacial score (nSPS) is 22.2. The van der Waals surface area contributed by atoms with E-state index in [1.54, 1.807) is 44.2 Å². The van der Waals surface area contributed by atoms with Crippen LogP contribution in [0.5, 0.6) is 0 Å². The summed E-state index contributed by atoms with van der Waals surface area (Å²) in [6, 6.07) is -6.89. The Bertz CT molecular complexity index is 2460. The summed E-state index contributed by atoms with van der Waals surface area (Å²) in [5, 5.41) is 54.4. The zero-order chi connectivity index (χ0) is 66.6. The molecule has 0 saturated carbocycles. The van der Waals surface area contributed by atoms with Crippen molar-refractivity contribution in [3.8, 4) is 0 Å². The van der Waals surface area contributed by atoms with E-state index in [4.69, 9.17) is 17.2 Å². The first kappa shape index (κ1) is 77.2. The third kappa shape index (κ3) is 28.9. The average Bonchev–Trinajstić information content (AvgIpc) is 3.34. The average molecular weight is 1260 g/mol. The molecule has 0 spiro atoms. The maximum Gasteiger partial charge on any atom is 0.245 e. The highest BCUT2D eigenvalue weighted by Crippen LogP contribution is 2.14. The van der Waals surface area contributed by atoms with Gasteiger partial charge in [-0.15, -0.1) is 0 Å². The summed E-state index contributed by atoms with van der Waals surface area (Å²) in [7, 11) is 0. The van der Waals surface area contributed by atoms with Crippen LogP contribution in [-0.2, 0) is 68.7 Å². The largest absolute Gasteiger partial charge is 0.391 e. The monoisotopic (exact) mass is 1260 g/mol. The first-order valence-electron chi connectivity index (χ1n) is 30.5. The van der Waals surface area contributed by atoms with Gasteiger partial charge in [0.25, 0.3) is 0 Å². The minimum Gasteiger partial charge on any atom is -0.391 e. The van der Waals surface area contributed by atoms with E-state index in [1.807, 2.05) is 0 Å². The molecule has 0 radical (unpaired) electrons. The van der Waals surface area contributed by atoms with Crippen LogP contribution in [0.25, 0.3) is 0 Å². The van der Waals surface area contributed by atoms with Gasteiger partial charge in [-0.05, 0) is 102 Å². The Balaban J connectivity index is 2.73. The zero-order valence-corrected chi connectivity index (χ0v) is 52.0. The molecule has 1 aromatic carbocycles. The van der Waals surface area contributed by atoms with Gasteiger partial charge in [-0.3, -0.25) is 62.3 Å². The summed E-state index contributed by atoms with van der Waals surface area (Å²) in [6.45, 7) is 8.67. The van der Waals surface area contributed by atoms with Gasteiger partial charge >= 0.3 is 0 Å². The highest BCUT2D eigenvalue weighted by atomic mass is 16.3. The number of rotatable bonds is 33. The van der Waals surface area contributed by atoms with Gasteiger partial charge in [-0.2, -0.15) is 0 Å². The lowest BCUT2D eigenvalue weighted by molar-refractivity contribution is -0.137. The molecule has 1 fully saturated rings. The van der Waals surface area contributed by atoms with Crippen molar-refractivity contribution in [2.45, 2.75) is 198 Å². The fourth-order valence-corrected chi connectivity index (χ4v) is 9.36. The van der Waals surface area contributed by atoms with Gasteiger partial charge in [0.1, 0.15) is 60.4 Å². The summed E-state index contributed by atoms with van der Waals surface area (Å²) >= 11 is 0. The van der Waals surface area contributed by atoms with Gasteiger partial charge in [0.05, 0.1) is 12.2 Å². The second kappa shape index (κ2) is 42.1. The number of nitrogens with two attached hydrogens (primary N) is 3. The lowest BCUT2D eigenvalue weighted by atomic mass is 10.00. The van der Waals surface area contributed by atoms with Crippen molar-refractivity contribution in [3.05, 3.63) is 35.9 Å². The molecule has 13 amide bonds. The Morgan fingerprint density at radius 3 is 1.60 bits per heavy atom. The van der Waals surface area contributed by atoms with Gasteiger partial charge in [0, 0.05) is 32.5 Å². The minimum atomic E-state index is -1.80. The Hall–Kier alpha value is -7.87. The number of benzene rings is 1. The summed E-state index contributed by atoms with van der Waals surface area (Å²) in [5.74, 6) is -10.0. The molecule has 0 bridgehead atoms. The van der Waals surface area contributed by atoms with Crippen LogP contribution in [0.1, 0.15) is 124 Å². The molecule has 1 heterocycles. The topological polar surface area (TPSA) is 497 Å². The van der Waals surface area contributed by atoms with E-state index in [0.29, 0.717) is 30.7 Å². The Kier molecular flexibility index (Phi) is 36.6. The standard InChI is InChI=1S/C58H98N16O15/c1-7-34(4)13-11-12-16-46(79)65-41(20-26-62-31-75)54(85)74-48(36(6)78)58(89)70-42(21-27-63-32-76)51(82)69-43-22-28-64-57(88)47(35(5)77)73-53(84)40(19-25-61)67-49(80)38(17-23-59)68-55(86)44(29-33(2)3)71-56(87)45(30-37-14-9-8-10-15-37)72-50(81)39(18-24-60)66-52(43)83/h8-10,14-15,31-36,38-45,47-48,77-78H,7,11-13,16-30,59-61H2,1-6H3,(H,62,75)(H,63,76)(H,64,88)(H,65,79)(H,66,83)(H,67,80)(H,68,86)(H,69,82)(H,70,89)(H,71,87)(H,72,81)(H,73,84)(H,74,85)/t34?,35-,36-,38+,39+,40+,41+,42+,43+,44+,45-,47+,48+/m1/s1.